The molecular formula is C20H29N5O3. The van der Waals surface area contributed by atoms with Crippen molar-refractivity contribution < 1.29 is 14.3 Å². The molecule has 8 heteroatoms. The Balaban J connectivity index is 1.63. The molecule has 3 rings (SSSR count). The third-order valence-electron chi connectivity index (χ3n) is 5.04. The molecule has 28 heavy (non-hydrogen) atoms. The fourth-order valence-corrected chi connectivity index (χ4v) is 3.67. The van der Waals surface area contributed by atoms with Crippen molar-refractivity contribution >= 4 is 11.8 Å². The van der Waals surface area contributed by atoms with Crippen molar-refractivity contribution in [2.24, 2.45) is 0 Å². The van der Waals surface area contributed by atoms with E-state index in [-0.39, 0.29) is 23.9 Å². The number of fused-ring (bicyclic) bond motifs is 1. The Morgan fingerprint density at radius 3 is 2.68 bits per heavy atom. The summed E-state index contributed by atoms with van der Waals surface area (Å²) in [6.07, 6.45) is 0.663. The second kappa shape index (κ2) is 8.18. The quantitative estimate of drug-likeness (QED) is 0.752. The van der Waals surface area contributed by atoms with Gasteiger partial charge in [-0.15, -0.1) is 0 Å². The van der Waals surface area contributed by atoms with Crippen LogP contribution in [-0.4, -0.2) is 52.0 Å². The summed E-state index contributed by atoms with van der Waals surface area (Å²) in [5.41, 5.74) is 4.06. The number of hydrogen-bond donors (Lipinski definition) is 2. The van der Waals surface area contributed by atoms with E-state index in [1.807, 2.05) is 38.4 Å². The van der Waals surface area contributed by atoms with Gasteiger partial charge < -0.3 is 19.9 Å². The summed E-state index contributed by atoms with van der Waals surface area (Å²) in [5, 5.41) is 10.3. The summed E-state index contributed by atoms with van der Waals surface area (Å²) in [6.45, 7) is 9.68. The van der Waals surface area contributed by atoms with E-state index in [9.17, 15) is 9.59 Å². The van der Waals surface area contributed by atoms with E-state index in [1.54, 1.807) is 13.2 Å². The first-order chi connectivity index (χ1) is 13.3. The third-order valence-corrected chi connectivity index (χ3v) is 5.04. The molecular weight excluding hydrogens is 358 g/mol. The fourth-order valence-electron chi connectivity index (χ4n) is 3.67. The molecule has 2 aromatic heterocycles. The van der Waals surface area contributed by atoms with Crippen LogP contribution in [0.5, 0.6) is 0 Å². The number of rotatable bonds is 7. The van der Waals surface area contributed by atoms with Crippen LogP contribution in [0.25, 0.3) is 0 Å². The van der Waals surface area contributed by atoms with Crippen molar-refractivity contribution in [2.75, 3.05) is 13.7 Å². The van der Waals surface area contributed by atoms with Crippen molar-refractivity contribution in [3.8, 4) is 0 Å². The topological polar surface area (TPSA) is 90.2 Å². The van der Waals surface area contributed by atoms with Gasteiger partial charge in [0.25, 0.3) is 11.8 Å². The summed E-state index contributed by atoms with van der Waals surface area (Å²) in [5.74, 6) is -0.244. The van der Waals surface area contributed by atoms with Gasteiger partial charge in [-0.3, -0.25) is 14.3 Å². The van der Waals surface area contributed by atoms with Crippen LogP contribution in [0.1, 0.15) is 51.8 Å². The Hall–Kier alpha value is -2.61. The molecule has 152 valence electrons. The van der Waals surface area contributed by atoms with Crippen LogP contribution in [0.2, 0.25) is 0 Å². The highest BCUT2D eigenvalue weighted by molar-refractivity contribution is 5.96. The lowest BCUT2D eigenvalue weighted by Crippen LogP contribution is -2.36. The van der Waals surface area contributed by atoms with E-state index in [4.69, 9.17) is 4.74 Å². The minimum atomic E-state index is -0.166. The minimum Gasteiger partial charge on any atom is -0.383 e. The van der Waals surface area contributed by atoms with Gasteiger partial charge in [0.1, 0.15) is 5.69 Å². The summed E-state index contributed by atoms with van der Waals surface area (Å²) in [7, 11) is 1.67. The Kier molecular flexibility index (Phi) is 5.88. The first-order valence-corrected chi connectivity index (χ1v) is 9.64. The number of amides is 2. The Labute approximate surface area is 165 Å². The summed E-state index contributed by atoms with van der Waals surface area (Å²) < 4.78 is 9.05. The number of nitrogens with zero attached hydrogens (tertiary/aromatic N) is 3. The predicted octanol–water partition coefficient (Wildman–Crippen LogP) is 1.44. The minimum absolute atomic E-state index is 0.0285. The first-order valence-electron chi connectivity index (χ1n) is 9.64. The van der Waals surface area contributed by atoms with E-state index >= 15 is 0 Å². The molecule has 0 aliphatic carbocycles. The highest BCUT2D eigenvalue weighted by Crippen LogP contribution is 2.19. The fraction of sp³-hybridized carbons (Fsp3) is 0.550. The van der Waals surface area contributed by atoms with Crippen LogP contribution < -0.4 is 10.6 Å². The smallest absolute Gasteiger partial charge is 0.271 e. The molecule has 2 N–H and O–H groups in total. The average Bonchev–Trinajstić information content (AvgIpc) is 3.25. The van der Waals surface area contributed by atoms with Crippen LogP contribution in [-0.2, 0) is 24.2 Å². The molecule has 1 aliphatic rings. The lowest BCUT2D eigenvalue weighted by Gasteiger charge is -2.13. The van der Waals surface area contributed by atoms with Crippen molar-refractivity contribution in [2.45, 2.75) is 59.3 Å². The van der Waals surface area contributed by atoms with Gasteiger partial charge in [0, 0.05) is 43.2 Å². The SMILES string of the molecule is COCCn1c(C)cc(C(=O)N[C@H]2Cc3cc(C(=O)NC(C)C)nn3C2)c1C. The number of hydrogen-bond acceptors (Lipinski definition) is 4. The van der Waals surface area contributed by atoms with Crippen LogP contribution in [0.4, 0.5) is 0 Å². The van der Waals surface area contributed by atoms with Gasteiger partial charge in [-0.05, 0) is 39.8 Å². The van der Waals surface area contributed by atoms with E-state index in [0.717, 1.165) is 23.6 Å². The molecule has 8 nitrogen and oxygen atoms in total. The number of ether oxygens (including phenoxy) is 1. The van der Waals surface area contributed by atoms with E-state index in [2.05, 4.69) is 20.3 Å². The van der Waals surface area contributed by atoms with Crippen molar-refractivity contribution in [3.05, 3.63) is 40.5 Å². The normalized spacial score (nSPS) is 15.7. The molecule has 0 aromatic carbocycles. The van der Waals surface area contributed by atoms with Gasteiger partial charge in [-0.25, -0.2) is 0 Å². The zero-order valence-electron chi connectivity index (χ0n) is 17.2. The highest BCUT2D eigenvalue weighted by atomic mass is 16.5. The number of methoxy groups -OCH3 is 1. The standard InChI is InChI=1S/C20H29N5O3/c1-12(2)21-20(27)18-10-16-9-15(11-25(16)23-18)22-19(26)17-8-13(3)24(14(17)4)6-7-28-5/h8,10,12,15H,6-7,9,11H2,1-5H3,(H,21,27)(H,22,26)/t15-/m0/s1. The molecule has 3 heterocycles. The summed E-state index contributed by atoms with van der Waals surface area (Å²) >= 11 is 0. The van der Waals surface area contributed by atoms with Gasteiger partial charge in [0.05, 0.1) is 24.8 Å². The number of nitrogens with one attached hydrogen (secondary N) is 2. The molecule has 1 atom stereocenters. The van der Waals surface area contributed by atoms with Crippen LogP contribution in [0.15, 0.2) is 12.1 Å². The third kappa shape index (κ3) is 4.11. The van der Waals surface area contributed by atoms with Crippen molar-refractivity contribution in [1.29, 1.82) is 0 Å². The number of carbonyl (C=O) groups is 2. The first kappa shape index (κ1) is 20.1. The summed E-state index contributed by atoms with van der Waals surface area (Å²) in [4.78, 5) is 24.9. The lowest BCUT2D eigenvalue weighted by molar-refractivity contribution is 0.0923. The molecule has 0 fully saturated rings. The number of aryl methyl sites for hydroxylation is 1. The van der Waals surface area contributed by atoms with Gasteiger partial charge in [0.2, 0.25) is 0 Å². The van der Waals surface area contributed by atoms with Gasteiger partial charge >= 0.3 is 0 Å². The zero-order valence-corrected chi connectivity index (χ0v) is 17.2. The monoisotopic (exact) mass is 387 g/mol. The number of carbonyl (C=O) groups excluding carboxylic acids is 2. The maximum atomic E-state index is 12.8. The Morgan fingerprint density at radius 2 is 2.04 bits per heavy atom. The van der Waals surface area contributed by atoms with Crippen molar-refractivity contribution in [1.82, 2.24) is 25.0 Å². The molecule has 0 saturated heterocycles. The molecule has 0 spiro atoms. The maximum Gasteiger partial charge on any atom is 0.271 e. The Morgan fingerprint density at radius 1 is 1.29 bits per heavy atom. The van der Waals surface area contributed by atoms with Crippen LogP contribution in [0.3, 0.4) is 0 Å². The maximum absolute atomic E-state index is 12.8. The zero-order chi connectivity index (χ0) is 20.4. The molecule has 1 aliphatic heterocycles. The van der Waals surface area contributed by atoms with E-state index in [1.165, 1.54) is 0 Å². The predicted molar refractivity (Wildman–Crippen MR) is 106 cm³/mol. The molecule has 2 aromatic rings. The highest BCUT2D eigenvalue weighted by Gasteiger charge is 2.27. The number of aromatic nitrogens is 3. The van der Waals surface area contributed by atoms with Gasteiger partial charge in [-0.1, -0.05) is 0 Å². The average molecular weight is 387 g/mol. The molecule has 0 bridgehead atoms. The van der Waals surface area contributed by atoms with E-state index in [0.29, 0.717) is 30.8 Å². The van der Waals surface area contributed by atoms with E-state index < -0.39 is 0 Å². The summed E-state index contributed by atoms with van der Waals surface area (Å²) in [6, 6.07) is 3.76. The van der Waals surface area contributed by atoms with Crippen LogP contribution >= 0.6 is 0 Å². The molecule has 2 amide bonds. The van der Waals surface area contributed by atoms with Crippen LogP contribution in [0, 0.1) is 13.8 Å². The van der Waals surface area contributed by atoms with Gasteiger partial charge in [-0.2, -0.15) is 5.10 Å². The second-order valence-corrected chi connectivity index (χ2v) is 7.63. The van der Waals surface area contributed by atoms with Gasteiger partial charge in [0.15, 0.2) is 0 Å². The molecule has 0 radical (unpaired) electrons. The lowest BCUT2D eigenvalue weighted by atomic mass is 10.1. The largest absolute Gasteiger partial charge is 0.383 e. The van der Waals surface area contributed by atoms with Crippen molar-refractivity contribution in [3.63, 3.8) is 0 Å². The molecule has 0 saturated carbocycles. The Bertz CT molecular complexity index is 857. The molecule has 0 unspecified atom stereocenters. The second-order valence-electron chi connectivity index (χ2n) is 7.63.